The van der Waals surface area contributed by atoms with Gasteiger partial charge in [-0.15, -0.1) is 0 Å². The molecule has 4 amide bonds. The Morgan fingerprint density at radius 2 is 1.62 bits per heavy atom. The molecular weight excluding hydrogens is 428 g/mol. The first-order valence-electron chi connectivity index (χ1n) is 9.87. The molecule has 0 spiro atoms. The molecule has 4 rings (SSSR count). The predicted octanol–water partition coefficient (Wildman–Crippen LogP) is 4.89. The summed E-state index contributed by atoms with van der Waals surface area (Å²) in [7, 11) is 0. The third-order valence-corrected chi connectivity index (χ3v) is 5.17. The van der Waals surface area contributed by atoms with Crippen LogP contribution in [0.2, 0.25) is 5.02 Å². The zero-order valence-electron chi connectivity index (χ0n) is 17.2. The highest BCUT2D eigenvalue weighted by Crippen LogP contribution is 2.26. The van der Waals surface area contributed by atoms with Crippen LogP contribution in [0.5, 0.6) is 5.75 Å². The molecule has 0 bridgehead atoms. The number of hydrogen-bond donors (Lipinski definition) is 1. The van der Waals surface area contributed by atoms with Crippen molar-refractivity contribution in [3.05, 3.63) is 100 Å². The van der Waals surface area contributed by atoms with Gasteiger partial charge in [0.2, 0.25) is 0 Å². The van der Waals surface area contributed by atoms with Crippen molar-refractivity contribution in [1.29, 1.82) is 0 Å². The van der Waals surface area contributed by atoms with E-state index in [1.807, 2.05) is 19.1 Å². The number of aryl methyl sites for hydroxylation is 1. The Kier molecular flexibility index (Phi) is 6.05. The van der Waals surface area contributed by atoms with Crippen LogP contribution < -0.4 is 15.0 Å². The molecule has 1 aliphatic heterocycles. The first-order chi connectivity index (χ1) is 15.4. The predicted molar refractivity (Wildman–Crippen MR) is 122 cm³/mol. The number of anilines is 1. The highest BCUT2D eigenvalue weighted by molar-refractivity contribution is 6.39. The Bertz CT molecular complexity index is 1220. The topological polar surface area (TPSA) is 75.7 Å². The maximum absolute atomic E-state index is 13.1. The number of hydrogen-bond acceptors (Lipinski definition) is 4. The summed E-state index contributed by atoms with van der Waals surface area (Å²) in [6, 6.07) is 20.4. The standard InChI is InChI=1S/C25H19ClN2O4/c1-16-6-12-20(13-7-16)28-24(30)21(23(29)27-25(28)31)14-18-4-2-3-5-22(18)32-15-17-8-10-19(26)11-9-17/h2-14H,15H2,1H3,(H,27,29,31)/b21-14+. The number of rotatable bonds is 5. The normalized spacial score (nSPS) is 15.1. The fourth-order valence-corrected chi connectivity index (χ4v) is 3.34. The Morgan fingerprint density at radius 1 is 0.938 bits per heavy atom. The van der Waals surface area contributed by atoms with E-state index in [1.54, 1.807) is 60.7 Å². The second-order valence-electron chi connectivity index (χ2n) is 7.25. The van der Waals surface area contributed by atoms with Crippen LogP contribution in [-0.2, 0) is 16.2 Å². The third kappa shape index (κ3) is 4.55. The van der Waals surface area contributed by atoms with Crippen LogP contribution in [0.1, 0.15) is 16.7 Å². The van der Waals surface area contributed by atoms with Gasteiger partial charge in [0.05, 0.1) is 5.69 Å². The summed E-state index contributed by atoms with van der Waals surface area (Å²) in [6.45, 7) is 2.18. The van der Waals surface area contributed by atoms with Crippen LogP contribution in [0.4, 0.5) is 10.5 Å². The molecule has 3 aromatic rings. The van der Waals surface area contributed by atoms with Gasteiger partial charge in [-0.2, -0.15) is 0 Å². The molecule has 7 heteroatoms. The van der Waals surface area contributed by atoms with Crippen molar-refractivity contribution >= 4 is 41.2 Å². The molecule has 0 atom stereocenters. The number of benzene rings is 3. The number of urea groups is 1. The molecule has 1 heterocycles. The smallest absolute Gasteiger partial charge is 0.335 e. The Labute approximate surface area is 190 Å². The SMILES string of the molecule is Cc1ccc(N2C(=O)NC(=O)/C(=C\c3ccccc3OCc3ccc(Cl)cc3)C2=O)cc1. The molecule has 1 N–H and O–H groups in total. The third-order valence-electron chi connectivity index (χ3n) is 4.92. The summed E-state index contributed by atoms with van der Waals surface area (Å²) in [4.78, 5) is 38.9. The highest BCUT2D eigenvalue weighted by atomic mass is 35.5. The average molecular weight is 447 g/mol. The Hall–Kier alpha value is -3.90. The van der Waals surface area contributed by atoms with Crippen LogP contribution in [-0.4, -0.2) is 17.8 Å². The zero-order valence-corrected chi connectivity index (χ0v) is 17.9. The summed E-state index contributed by atoms with van der Waals surface area (Å²) in [5, 5.41) is 2.86. The van der Waals surface area contributed by atoms with E-state index in [0.29, 0.717) is 22.0 Å². The summed E-state index contributed by atoms with van der Waals surface area (Å²) < 4.78 is 5.91. The average Bonchev–Trinajstić information content (AvgIpc) is 2.78. The van der Waals surface area contributed by atoms with Crippen molar-refractivity contribution in [2.75, 3.05) is 4.90 Å². The monoisotopic (exact) mass is 446 g/mol. The van der Waals surface area contributed by atoms with E-state index < -0.39 is 17.8 Å². The largest absolute Gasteiger partial charge is 0.488 e. The van der Waals surface area contributed by atoms with E-state index >= 15 is 0 Å². The van der Waals surface area contributed by atoms with E-state index in [-0.39, 0.29) is 12.2 Å². The number of nitrogens with one attached hydrogen (secondary N) is 1. The lowest BCUT2D eigenvalue weighted by atomic mass is 10.1. The molecule has 0 aromatic heterocycles. The van der Waals surface area contributed by atoms with E-state index in [0.717, 1.165) is 16.0 Å². The minimum absolute atomic E-state index is 0.160. The number of ether oxygens (including phenoxy) is 1. The lowest BCUT2D eigenvalue weighted by molar-refractivity contribution is -0.122. The number of nitrogens with zero attached hydrogens (tertiary/aromatic N) is 1. The van der Waals surface area contributed by atoms with Crippen LogP contribution in [0.3, 0.4) is 0 Å². The zero-order chi connectivity index (χ0) is 22.7. The summed E-state index contributed by atoms with van der Waals surface area (Å²) >= 11 is 5.92. The minimum Gasteiger partial charge on any atom is -0.488 e. The van der Waals surface area contributed by atoms with E-state index in [1.165, 1.54) is 6.08 Å². The Morgan fingerprint density at radius 3 is 2.34 bits per heavy atom. The lowest BCUT2D eigenvalue weighted by Gasteiger charge is -2.26. The van der Waals surface area contributed by atoms with E-state index in [4.69, 9.17) is 16.3 Å². The van der Waals surface area contributed by atoms with Crippen molar-refractivity contribution in [3.8, 4) is 5.75 Å². The molecule has 160 valence electrons. The number of carbonyl (C=O) groups is 3. The van der Waals surface area contributed by atoms with Crippen LogP contribution in [0, 0.1) is 6.92 Å². The molecule has 0 aliphatic carbocycles. The van der Waals surface area contributed by atoms with Crippen molar-refractivity contribution in [1.82, 2.24) is 5.32 Å². The second kappa shape index (κ2) is 9.08. The number of amides is 4. The van der Waals surface area contributed by atoms with Gasteiger partial charge >= 0.3 is 6.03 Å². The molecular formula is C25H19ClN2O4. The van der Waals surface area contributed by atoms with Crippen molar-refractivity contribution in [2.45, 2.75) is 13.5 Å². The van der Waals surface area contributed by atoms with Gasteiger partial charge in [-0.25, -0.2) is 9.69 Å². The van der Waals surface area contributed by atoms with Crippen molar-refractivity contribution in [3.63, 3.8) is 0 Å². The molecule has 6 nitrogen and oxygen atoms in total. The maximum Gasteiger partial charge on any atom is 0.335 e. The van der Waals surface area contributed by atoms with Crippen LogP contribution >= 0.6 is 11.6 Å². The summed E-state index contributed by atoms with van der Waals surface area (Å²) in [6.07, 6.45) is 1.43. The van der Waals surface area contributed by atoms with Gasteiger partial charge in [0.1, 0.15) is 17.9 Å². The van der Waals surface area contributed by atoms with Gasteiger partial charge in [-0.3, -0.25) is 14.9 Å². The molecule has 1 saturated heterocycles. The number of imide groups is 2. The van der Waals surface area contributed by atoms with Gasteiger partial charge < -0.3 is 4.74 Å². The Balaban J connectivity index is 1.62. The molecule has 1 aliphatic rings. The lowest BCUT2D eigenvalue weighted by Crippen LogP contribution is -2.54. The summed E-state index contributed by atoms with van der Waals surface area (Å²) in [5.74, 6) is -0.958. The first kappa shape index (κ1) is 21.3. The van der Waals surface area contributed by atoms with Gasteiger partial charge in [-0.05, 0) is 48.9 Å². The quantitative estimate of drug-likeness (QED) is 0.447. The van der Waals surface area contributed by atoms with Gasteiger partial charge in [0.25, 0.3) is 11.8 Å². The molecule has 3 aromatic carbocycles. The minimum atomic E-state index is -0.784. The van der Waals surface area contributed by atoms with E-state index in [2.05, 4.69) is 5.32 Å². The molecule has 0 radical (unpaired) electrons. The molecule has 0 saturated carbocycles. The maximum atomic E-state index is 13.1. The summed E-state index contributed by atoms with van der Waals surface area (Å²) in [5.41, 5.74) is 2.66. The van der Waals surface area contributed by atoms with Crippen molar-refractivity contribution < 1.29 is 19.1 Å². The van der Waals surface area contributed by atoms with Gasteiger partial charge in [0.15, 0.2) is 0 Å². The highest BCUT2D eigenvalue weighted by Gasteiger charge is 2.36. The molecule has 1 fully saturated rings. The molecule has 0 unspecified atom stereocenters. The number of para-hydroxylation sites is 1. The van der Waals surface area contributed by atoms with Gasteiger partial charge in [0, 0.05) is 10.6 Å². The fourth-order valence-electron chi connectivity index (χ4n) is 3.21. The number of barbiturate groups is 1. The van der Waals surface area contributed by atoms with E-state index in [9.17, 15) is 14.4 Å². The second-order valence-corrected chi connectivity index (χ2v) is 7.68. The van der Waals surface area contributed by atoms with Crippen LogP contribution in [0.25, 0.3) is 6.08 Å². The van der Waals surface area contributed by atoms with Crippen molar-refractivity contribution in [2.24, 2.45) is 0 Å². The first-order valence-corrected chi connectivity index (χ1v) is 10.2. The number of carbonyl (C=O) groups excluding carboxylic acids is 3. The van der Waals surface area contributed by atoms with Gasteiger partial charge in [-0.1, -0.05) is 59.6 Å². The number of halogens is 1. The van der Waals surface area contributed by atoms with Crippen LogP contribution in [0.15, 0.2) is 78.4 Å². The fraction of sp³-hybridized carbons (Fsp3) is 0.0800. The molecule has 32 heavy (non-hydrogen) atoms.